The summed E-state index contributed by atoms with van der Waals surface area (Å²) in [5.41, 5.74) is 3.20. The Balaban J connectivity index is 1.64. The summed E-state index contributed by atoms with van der Waals surface area (Å²) in [6.07, 6.45) is 0.998. The highest BCUT2D eigenvalue weighted by molar-refractivity contribution is 5.98. The van der Waals surface area contributed by atoms with E-state index in [1.165, 1.54) is 17.2 Å². The van der Waals surface area contributed by atoms with Crippen molar-refractivity contribution >= 4 is 11.6 Å². The van der Waals surface area contributed by atoms with Gasteiger partial charge in [0, 0.05) is 31.2 Å². The van der Waals surface area contributed by atoms with E-state index in [1.54, 1.807) is 19.1 Å². The molecule has 1 atom stereocenters. The second kappa shape index (κ2) is 7.66. The Morgan fingerprint density at radius 1 is 1.23 bits per heavy atom. The molecule has 1 amide bonds. The molecule has 1 N–H and O–H groups in total. The number of nitrogens with one attached hydrogen (secondary N) is 1. The van der Waals surface area contributed by atoms with Crippen LogP contribution in [0.4, 0.5) is 5.69 Å². The Kier molecular flexibility index (Phi) is 5.32. The minimum Gasteiger partial charge on any atom is -0.350 e. The molecule has 1 heterocycles. The van der Waals surface area contributed by atoms with Crippen LogP contribution >= 0.6 is 0 Å². The van der Waals surface area contributed by atoms with Crippen molar-refractivity contribution in [1.29, 1.82) is 0 Å². The molecule has 0 saturated carbocycles. The lowest BCUT2D eigenvalue weighted by Gasteiger charge is -2.33. The van der Waals surface area contributed by atoms with E-state index in [-0.39, 0.29) is 17.3 Å². The number of rotatable bonds is 5. The fourth-order valence-electron chi connectivity index (χ4n) is 3.44. The first kappa shape index (κ1) is 18.1. The van der Waals surface area contributed by atoms with Crippen LogP contribution in [0.2, 0.25) is 0 Å². The zero-order valence-corrected chi connectivity index (χ0v) is 15.1. The molecular weight excluding hydrogens is 330 g/mol. The van der Waals surface area contributed by atoms with E-state index in [2.05, 4.69) is 35.3 Å². The smallest absolute Gasteiger partial charge is 0.285 e. The number of fused-ring (bicyclic) bond motifs is 1. The lowest BCUT2D eigenvalue weighted by Crippen LogP contribution is -2.44. The van der Waals surface area contributed by atoms with Gasteiger partial charge in [0.1, 0.15) is 5.56 Å². The molecule has 0 spiro atoms. The highest BCUT2D eigenvalue weighted by atomic mass is 16.6. The molecular formula is C20H23N3O3. The molecule has 136 valence electrons. The molecule has 0 fully saturated rings. The summed E-state index contributed by atoms with van der Waals surface area (Å²) in [5.74, 6) is -0.398. The van der Waals surface area contributed by atoms with Crippen LogP contribution in [-0.2, 0) is 13.0 Å². The third-order valence-corrected chi connectivity index (χ3v) is 5.01. The van der Waals surface area contributed by atoms with Gasteiger partial charge < -0.3 is 5.32 Å². The van der Waals surface area contributed by atoms with Gasteiger partial charge in [-0.25, -0.2) is 0 Å². The van der Waals surface area contributed by atoms with Gasteiger partial charge in [-0.2, -0.15) is 0 Å². The fourth-order valence-corrected chi connectivity index (χ4v) is 3.44. The van der Waals surface area contributed by atoms with E-state index in [4.69, 9.17) is 0 Å². The van der Waals surface area contributed by atoms with E-state index in [0.29, 0.717) is 12.1 Å². The highest BCUT2D eigenvalue weighted by Crippen LogP contribution is 2.23. The number of aryl methyl sites for hydroxylation is 1. The van der Waals surface area contributed by atoms with Crippen LogP contribution in [-0.4, -0.2) is 34.9 Å². The standard InChI is InChI=1S/C20H23N3O3/c1-14-6-5-9-18(19(14)23(25)26)20(24)21-12-15(2)22-11-10-16-7-3-4-8-17(16)13-22/h3-9,15H,10-13H2,1-2H3,(H,21,24)/t15-/m1/s1. The van der Waals surface area contributed by atoms with Gasteiger partial charge in [0.15, 0.2) is 0 Å². The molecule has 0 radical (unpaired) electrons. The summed E-state index contributed by atoms with van der Waals surface area (Å²) in [7, 11) is 0. The van der Waals surface area contributed by atoms with E-state index in [0.717, 1.165) is 19.5 Å². The maximum atomic E-state index is 12.5. The van der Waals surface area contributed by atoms with Crippen molar-refractivity contribution in [2.24, 2.45) is 0 Å². The van der Waals surface area contributed by atoms with Gasteiger partial charge in [-0.15, -0.1) is 0 Å². The Bertz CT molecular complexity index is 835. The van der Waals surface area contributed by atoms with Crippen LogP contribution in [0.15, 0.2) is 42.5 Å². The minimum atomic E-state index is -0.491. The van der Waals surface area contributed by atoms with Crippen LogP contribution < -0.4 is 5.32 Å². The van der Waals surface area contributed by atoms with Crippen molar-refractivity contribution in [3.05, 3.63) is 74.8 Å². The highest BCUT2D eigenvalue weighted by Gasteiger charge is 2.24. The number of benzene rings is 2. The largest absolute Gasteiger partial charge is 0.350 e. The summed E-state index contributed by atoms with van der Waals surface area (Å²) < 4.78 is 0. The summed E-state index contributed by atoms with van der Waals surface area (Å²) in [6.45, 7) is 5.96. The van der Waals surface area contributed by atoms with Crippen LogP contribution in [0, 0.1) is 17.0 Å². The number of nitro benzene ring substituents is 1. The molecule has 26 heavy (non-hydrogen) atoms. The van der Waals surface area contributed by atoms with Crippen LogP contribution in [0.5, 0.6) is 0 Å². The van der Waals surface area contributed by atoms with E-state index < -0.39 is 10.8 Å². The number of carbonyl (C=O) groups excluding carboxylic acids is 1. The normalized spacial score (nSPS) is 15.2. The molecule has 6 nitrogen and oxygen atoms in total. The lowest BCUT2D eigenvalue weighted by molar-refractivity contribution is -0.385. The Morgan fingerprint density at radius 3 is 2.69 bits per heavy atom. The van der Waals surface area contributed by atoms with Gasteiger partial charge in [-0.1, -0.05) is 36.4 Å². The number of hydrogen-bond acceptors (Lipinski definition) is 4. The molecule has 0 aliphatic carbocycles. The number of hydrogen-bond donors (Lipinski definition) is 1. The zero-order chi connectivity index (χ0) is 18.7. The average Bonchev–Trinajstić information content (AvgIpc) is 2.64. The first-order valence-corrected chi connectivity index (χ1v) is 8.80. The van der Waals surface area contributed by atoms with E-state index in [1.807, 2.05) is 6.07 Å². The zero-order valence-electron chi connectivity index (χ0n) is 15.1. The number of carbonyl (C=O) groups is 1. The third kappa shape index (κ3) is 3.75. The number of amides is 1. The van der Waals surface area contributed by atoms with Crippen LogP contribution in [0.25, 0.3) is 0 Å². The molecule has 1 aliphatic rings. The fraction of sp³-hybridized carbons (Fsp3) is 0.350. The van der Waals surface area contributed by atoms with Crippen molar-refractivity contribution < 1.29 is 9.72 Å². The quantitative estimate of drug-likeness (QED) is 0.662. The monoisotopic (exact) mass is 353 g/mol. The topological polar surface area (TPSA) is 75.5 Å². The summed E-state index contributed by atoms with van der Waals surface area (Å²) in [6, 6.07) is 13.4. The summed E-state index contributed by atoms with van der Waals surface area (Å²) >= 11 is 0. The van der Waals surface area contributed by atoms with Gasteiger partial charge in [0.2, 0.25) is 0 Å². The average molecular weight is 353 g/mol. The predicted molar refractivity (Wildman–Crippen MR) is 100 cm³/mol. The van der Waals surface area contributed by atoms with Crippen LogP contribution in [0.1, 0.15) is 34.0 Å². The molecule has 3 rings (SSSR count). The maximum Gasteiger partial charge on any atom is 0.285 e. The van der Waals surface area contributed by atoms with E-state index >= 15 is 0 Å². The van der Waals surface area contributed by atoms with Gasteiger partial charge in [-0.05, 0) is 37.5 Å². The Morgan fingerprint density at radius 2 is 1.96 bits per heavy atom. The Hall–Kier alpha value is -2.73. The lowest BCUT2D eigenvalue weighted by atomic mass is 9.99. The number of nitro groups is 1. The minimum absolute atomic E-state index is 0.117. The van der Waals surface area contributed by atoms with Crippen molar-refractivity contribution in [3.8, 4) is 0 Å². The molecule has 2 aromatic rings. The maximum absolute atomic E-state index is 12.5. The molecule has 0 unspecified atom stereocenters. The van der Waals surface area contributed by atoms with Crippen molar-refractivity contribution in [3.63, 3.8) is 0 Å². The molecule has 0 saturated heterocycles. The SMILES string of the molecule is Cc1cccc(C(=O)NC[C@@H](C)N2CCc3ccccc3C2)c1[N+](=O)[O-]. The summed E-state index contributed by atoms with van der Waals surface area (Å²) in [5, 5.41) is 14.1. The number of nitrogens with zero attached hydrogens (tertiary/aromatic N) is 2. The van der Waals surface area contributed by atoms with Crippen LogP contribution in [0.3, 0.4) is 0 Å². The van der Waals surface area contributed by atoms with Crippen molar-refractivity contribution in [2.75, 3.05) is 13.1 Å². The first-order valence-electron chi connectivity index (χ1n) is 8.80. The second-order valence-electron chi connectivity index (χ2n) is 6.78. The first-order chi connectivity index (χ1) is 12.5. The number of para-hydroxylation sites is 1. The molecule has 0 bridgehead atoms. The predicted octanol–water partition coefficient (Wildman–Crippen LogP) is 3.08. The Labute approximate surface area is 153 Å². The van der Waals surface area contributed by atoms with Gasteiger partial charge in [-0.3, -0.25) is 19.8 Å². The van der Waals surface area contributed by atoms with Gasteiger partial charge in [0.05, 0.1) is 4.92 Å². The summed E-state index contributed by atoms with van der Waals surface area (Å²) in [4.78, 5) is 25.6. The molecule has 6 heteroatoms. The molecule has 0 aromatic heterocycles. The molecule has 1 aliphatic heterocycles. The van der Waals surface area contributed by atoms with E-state index in [9.17, 15) is 14.9 Å². The molecule has 2 aromatic carbocycles. The van der Waals surface area contributed by atoms with Gasteiger partial charge in [0.25, 0.3) is 11.6 Å². The second-order valence-corrected chi connectivity index (χ2v) is 6.78. The van der Waals surface area contributed by atoms with Crippen molar-refractivity contribution in [2.45, 2.75) is 32.9 Å². The van der Waals surface area contributed by atoms with Gasteiger partial charge >= 0.3 is 0 Å². The van der Waals surface area contributed by atoms with Crippen molar-refractivity contribution in [1.82, 2.24) is 10.2 Å². The third-order valence-electron chi connectivity index (χ3n) is 5.01.